The number of aliphatic hydroxyl groups excluding tert-OH is 2. The summed E-state index contributed by atoms with van der Waals surface area (Å²) in [5.74, 6) is 0.747. The molecule has 0 saturated carbocycles. The standard InChI is InChI=1S/C16H21NO3/c1-2-17-9-15-14-6-4-3-5-12(14)7-8-16(15)20-11-13(19)10-18/h3-8,13,17-19H,2,9-11H2,1H3. The Kier molecular flexibility index (Phi) is 5.35. The van der Waals surface area contributed by atoms with Crippen LogP contribution in [0.15, 0.2) is 36.4 Å². The fourth-order valence-corrected chi connectivity index (χ4v) is 2.12. The average molecular weight is 275 g/mol. The van der Waals surface area contributed by atoms with Crippen molar-refractivity contribution in [2.45, 2.75) is 19.6 Å². The van der Waals surface area contributed by atoms with Crippen LogP contribution in [0.25, 0.3) is 10.8 Å². The van der Waals surface area contributed by atoms with E-state index in [4.69, 9.17) is 9.84 Å². The van der Waals surface area contributed by atoms with Crippen LogP contribution in [0.5, 0.6) is 5.75 Å². The highest BCUT2D eigenvalue weighted by Gasteiger charge is 2.10. The Balaban J connectivity index is 2.31. The SMILES string of the molecule is CCNCc1c(OCC(O)CO)ccc2ccccc12. The lowest BCUT2D eigenvalue weighted by Crippen LogP contribution is -2.22. The van der Waals surface area contributed by atoms with E-state index in [9.17, 15) is 5.11 Å². The Morgan fingerprint density at radius 2 is 2.00 bits per heavy atom. The van der Waals surface area contributed by atoms with E-state index in [0.717, 1.165) is 28.6 Å². The van der Waals surface area contributed by atoms with Gasteiger partial charge < -0.3 is 20.3 Å². The third-order valence-corrected chi connectivity index (χ3v) is 3.19. The number of benzene rings is 2. The topological polar surface area (TPSA) is 61.7 Å². The maximum atomic E-state index is 9.41. The molecule has 0 aliphatic heterocycles. The summed E-state index contributed by atoms with van der Waals surface area (Å²) in [7, 11) is 0. The number of ether oxygens (including phenoxy) is 1. The van der Waals surface area contributed by atoms with E-state index < -0.39 is 6.10 Å². The van der Waals surface area contributed by atoms with Crippen LogP contribution in [0.3, 0.4) is 0 Å². The third kappa shape index (κ3) is 3.48. The van der Waals surface area contributed by atoms with Crippen molar-refractivity contribution in [3.63, 3.8) is 0 Å². The van der Waals surface area contributed by atoms with Gasteiger partial charge in [0.05, 0.1) is 6.61 Å². The van der Waals surface area contributed by atoms with Crippen LogP contribution in [0.1, 0.15) is 12.5 Å². The second-order valence-electron chi connectivity index (χ2n) is 4.69. The fourth-order valence-electron chi connectivity index (χ4n) is 2.12. The van der Waals surface area contributed by atoms with Crippen LogP contribution in [-0.4, -0.2) is 36.1 Å². The summed E-state index contributed by atoms with van der Waals surface area (Å²) >= 11 is 0. The zero-order valence-electron chi connectivity index (χ0n) is 11.7. The largest absolute Gasteiger partial charge is 0.490 e. The molecule has 4 nitrogen and oxygen atoms in total. The number of hydrogen-bond donors (Lipinski definition) is 3. The first-order valence-corrected chi connectivity index (χ1v) is 6.89. The molecule has 0 heterocycles. The van der Waals surface area contributed by atoms with E-state index in [1.165, 1.54) is 0 Å². The van der Waals surface area contributed by atoms with Gasteiger partial charge in [0.2, 0.25) is 0 Å². The van der Waals surface area contributed by atoms with Crippen molar-refractivity contribution in [2.75, 3.05) is 19.8 Å². The lowest BCUT2D eigenvalue weighted by Gasteiger charge is -2.16. The van der Waals surface area contributed by atoms with E-state index in [0.29, 0.717) is 6.54 Å². The summed E-state index contributed by atoms with van der Waals surface area (Å²) < 4.78 is 5.64. The molecule has 0 aliphatic carbocycles. The van der Waals surface area contributed by atoms with Crippen molar-refractivity contribution in [1.29, 1.82) is 0 Å². The van der Waals surface area contributed by atoms with E-state index in [1.54, 1.807) is 0 Å². The number of rotatable bonds is 7. The molecular formula is C16H21NO3. The minimum atomic E-state index is -0.853. The minimum absolute atomic E-state index is 0.0912. The normalized spacial score (nSPS) is 12.6. The Bertz CT molecular complexity index is 556. The molecule has 20 heavy (non-hydrogen) atoms. The monoisotopic (exact) mass is 275 g/mol. The molecule has 0 fully saturated rings. The number of aliphatic hydroxyl groups is 2. The van der Waals surface area contributed by atoms with Gasteiger partial charge in [-0.15, -0.1) is 0 Å². The Hall–Kier alpha value is -1.62. The highest BCUT2D eigenvalue weighted by atomic mass is 16.5. The summed E-state index contributed by atoms with van der Waals surface area (Å²) in [4.78, 5) is 0. The van der Waals surface area contributed by atoms with Gasteiger partial charge in [0.1, 0.15) is 18.5 Å². The lowest BCUT2D eigenvalue weighted by atomic mass is 10.0. The number of nitrogens with one attached hydrogen (secondary N) is 1. The van der Waals surface area contributed by atoms with Crippen molar-refractivity contribution in [2.24, 2.45) is 0 Å². The maximum absolute atomic E-state index is 9.41. The van der Waals surface area contributed by atoms with E-state index in [1.807, 2.05) is 24.3 Å². The van der Waals surface area contributed by atoms with E-state index >= 15 is 0 Å². The van der Waals surface area contributed by atoms with Crippen molar-refractivity contribution in [1.82, 2.24) is 5.32 Å². The molecule has 4 heteroatoms. The molecule has 2 aromatic rings. The summed E-state index contributed by atoms with van der Waals surface area (Å²) in [6, 6.07) is 12.1. The third-order valence-electron chi connectivity index (χ3n) is 3.19. The molecule has 3 N–H and O–H groups in total. The minimum Gasteiger partial charge on any atom is -0.490 e. The van der Waals surface area contributed by atoms with Crippen molar-refractivity contribution >= 4 is 10.8 Å². The second-order valence-corrected chi connectivity index (χ2v) is 4.69. The molecule has 0 bridgehead atoms. The summed E-state index contributed by atoms with van der Waals surface area (Å²) in [6.07, 6.45) is -0.853. The summed E-state index contributed by atoms with van der Waals surface area (Å²) in [6.45, 7) is 3.44. The number of fused-ring (bicyclic) bond motifs is 1. The molecule has 0 aliphatic rings. The highest BCUT2D eigenvalue weighted by molar-refractivity contribution is 5.87. The quantitative estimate of drug-likeness (QED) is 0.719. The zero-order valence-corrected chi connectivity index (χ0v) is 11.7. The Morgan fingerprint density at radius 3 is 2.75 bits per heavy atom. The van der Waals surface area contributed by atoms with Gasteiger partial charge in [0, 0.05) is 12.1 Å². The van der Waals surface area contributed by atoms with Gasteiger partial charge in [-0.3, -0.25) is 0 Å². The molecular weight excluding hydrogens is 254 g/mol. The van der Waals surface area contributed by atoms with E-state index in [-0.39, 0.29) is 13.2 Å². The molecule has 1 atom stereocenters. The molecule has 1 unspecified atom stereocenters. The molecule has 0 amide bonds. The molecule has 2 rings (SSSR count). The number of hydrogen-bond acceptors (Lipinski definition) is 4. The van der Waals surface area contributed by atoms with Gasteiger partial charge in [-0.05, 0) is 23.4 Å². The van der Waals surface area contributed by atoms with Gasteiger partial charge in [0.15, 0.2) is 0 Å². The van der Waals surface area contributed by atoms with Gasteiger partial charge in [-0.1, -0.05) is 37.3 Å². The van der Waals surface area contributed by atoms with Crippen LogP contribution in [-0.2, 0) is 6.54 Å². The van der Waals surface area contributed by atoms with Crippen LogP contribution in [0.4, 0.5) is 0 Å². The summed E-state index contributed by atoms with van der Waals surface area (Å²) in [5, 5.41) is 23.9. The predicted octanol–water partition coefficient (Wildman–Crippen LogP) is 1.68. The van der Waals surface area contributed by atoms with Crippen molar-refractivity contribution in [3.8, 4) is 5.75 Å². The fraction of sp³-hybridized carbons (Fsp3) is 0.375. The average Bonchev–Trinajstić information content (AvgIpc) is 2.50. The van der Waals surface area contributed by atoms with Gasteiger partial charge >= 0.3 is 0 Å². The second kappa shape index (κ2) is 7.24. The van der Waals surface area contributed by atoms with Crippen LogP contribution in [0, 0.1) is 0 Å². The first-order chi connectivity index (χ1) is 9.76. The van der Waals surface area contributed by atoms with Crippen molar-refractivity contribution in [3.05, 3.63) is 42.0 Å². The zero-order chi connectivity index (χ0) is 14.4. The maximum Gasteiger partial charge on any atom is 0.124 e. The van der Waals surface area contributed by atoms with Crippen LogP contribution in [0.2, 0.25) is 0 Å². The molecule has 2 aromatic carbocycles. The van der Waals surface area contributed by atoms with E-state index in [2.05, 4.69) is 24.4 Å². The highest BCUT2D eigenvalue weighted by Crippen LogP contribution is 2.28. The molecule has 0 radical (unpaired) electrons. The summed E-state index contributed by atoms with van der Waals surface area (Å²) in [5.41, 5.74) is 1.08. The molecule has 0 spiro atoms. The molecule has 0 aromatic heterocycles. The van der Waals surface area contributed by atoms with Gasteiger partial charge in [0.25, 0.3) is 0 Å². The smallest absolute Gasteiger partial charge is 0.124 e. The van der Waals surface area contributed by atoms with Crippen LogP contribution >= 0.6 is 0 Å². The first-order valence-electron chi connectivity index (χ1n) is 6.89. The Morgan fingerprint density at radius 1 is 1.20 bits per heavy atom. The van der Waals surface area contributed by atoms with Crippen molar-refractivity contribution < 1.29 is 14.9 Å². The van der Waals surface area contributed by atoms with Gasteiger partial charge in [-0.25, -0.2) is 0 Å². The van der Waals surface area contributed by atoms with Crippen LogP contribution < -0.4 is 10.1 Å². The Labute approximate surface area is 119 Å². The lowest BCUT2D eigenvalue weighted by molar-refractivity contribution is 0.0533. The molecule has 108 valence electrons. The predicted molar refractivity (Wildman–Crippen MR) is 79.9 cm³/mol. The molecule has 0 saturated heterocycles. The first kappa shape index (κ1) is 14.8. The van der Waals surface area contributed by atoms with Gasteiger partial charge in [-0.2, -0.15) is 0 Å².